The first-order valence-corrected chi connectivity index (χ1v) is 0.894. The summed E-state index contributed by atoms with van der Waals surface area (Å²) in [5.74, 6) is 0. The van der Waals surface area contributed by atoms with E-state index in [9.17, 15) is 0 Å². The molecular weight excluding hydrogens is 104 g/mol. The molecule has 20 valence electrons. The number of thiol groups is 1. The maximum atomic E-state index is 7.18. The average Bonchev–Trinajstić information content (AvgIpc) is 0.918. The van der Waals surface area contributed by atoms with Crippen LogP contribution in [-0.4, -0.2) is 59.1 Å². The van der Waals surface area contributed by atoms with Gasteiger partial charge in [0.1, 0.15) is 5.40 Å². The molecule has 5 heavy (non-hydrogen) atoms. The first kappa shape index (κ1) is 15.8. The fraction of sp³-hybridized carbons (Fsp3) is 0. The molecule has 4 heteroatoms. The van der Waals surface area contributed by atoms with Gasteiger partial charge in [-0.25, -0.2) is 0 Å². The Hall–Kier alpha value is 1.84. The standard InChI is InChI=1S/CHNS.2Na.2H/c2-1-3;;;;/h3H;;;;. The fourth-order valence-corrected chi connectivity index (χ4v) is 0. The summed E-state index contributed by atoms with van der Waals surface area (Å²) in [6.45, 7) is 0. The van der Waals surface area contributed by atoms with Crippen molar-refractivity contribution in [2.24, 2.45) is 0 Å². The molecule has 0 aliphatic heterocycles. The third-order valence-electron chi connectivity index (χ3n) is 0. The van der Waals surface area contributed by atoms with Crippen LogP contribution in [0.2, 0.25) is 0 Å². The van der Waals surface area contributed by atoms with Gasteiger partial charge in [-0.2, -0.15) is 5.26 Å². The van der Waals surface area contributed by atoms with E-state index in [0.29, 0.717) is 0 Å². The molecule has 0 bridgehead atoms. The number of hydrogen-bond donors (Lipinski definition) is 1. The Labute approximate surface area is 81.1 Å². The van der Waals surface area contributed by atoms with Crippen LogP contribution >= 0.6 is 12.6 Å². The molecule has 1 nitrogen and oxygen atoms in total. The Kier molecular flexibility index (Phi) is 53.7. The summed E-state index contributed by atoms with van der Waals surface area (Å²) in [5, 5.41) is 8.63. The third kappa shape index (κ3) is 25.4. The van der Waals surface area contributed by atoms with Crippen LogP contribution in [0.1, 0.15) is 0 Å². The Balaban J connectivity index is -0.0000000200. The summed E-state index contributed by atoms with van der Waals surface area (Å²) in [6, 6.07) is 0. The van der Waals surface area contributed by atoms with E-state index in [-0.39, 0.29) is 59.1 Å². The summed E-state index contributed by atoms with van der Waals surface area (Å²) >= 11 is 3.09. The topological polar surface area (TPSA) is 23.8 Å². The normalized spacial score (nSPS) is 1.60. The van der Waals surface area contributed by atoms with Gasteiger partial charge in [-0.15, -0.1) is 0 Å². The molecule has 0 aliphatic rings. The van der Waals surface area contributed by atoms with Gasteiger partial charge in [0.15, 0.2) is 0 Å². The van der Waals surface area contributed by atoms with Crippen LogP contribution in [0.3, 0.4) is 0 Å². The van der Waals surface area contributed by atoms with Gasteiger partial charge in [0.25, 0.3) is 0 Å². The molecule has 0 radical (unpaired) electrons. The van der Waals surface area contributed by atoms with E-state index in [0.717, 1.165) is 0 Å². The van der Waals surface area contributed by atoms with Crippen LogP contribution < -0.4 is 0 Å². The van der Waals surface area contributed by atoms with Crippen molar-refractivity contribution in [2.45, 2.75) is 0 Å². The Morgan fingerprint density at radius 1 is 1.40 bits per heavy atom. The van der Waals surface area contributed by atoms with Crippen LogP contribution in [-0.2, 0) is 0 Å². The maximum absolute atomic E-state index is 7.18. The van der Waals surface area contributed by atoms with Gasteiger partial charge in [0.05, 0.1) is 0 Å². The van der Waals surface area contributed by atoms with E-state index in [1.54, 1.807) is 0 Å². The van der Waals surface area contributed by atoms with Crippen molar-refractivity contribution in [3.05, 3.63) is 0 Å². The minimum atomic E-state index is 0. The Bertz CT molecular complexity index is 31.1. The van der Waals surface area contributed by atoms with Gasteiger partial charge in [0.2, 0.25) is 0 Å². The SMILES string of the molecule is N#CS.[NaH].[NaH]. The number of rotatable bonds is 0. The van der Waals surface area contributed by atoms with Crippen LogP contribution in [0.25, 0.3) is 0 Å². The van der Waals surface area contributed by atoms with E-state index in [2.05, 4.69) is 12.6 Å². The molecule has 0 amide bonds. The fourth-order valence-electron chi connectivity index (χ4n) is 0. The molecule has 0 rings (SSSR count). The molecule has 0 saturated carbocycles. The minimum absolute atomic E-state index is 0. The molecular formula is CH3NNa2S. The van der Waals surface area contributed by atoms with Crippen LogP contribution in [0, 0.1) is 10.7 Å². The van der Waals surface area contributed by atoms with Gasteiger partial charge in [-0.05, 0) is 0 Å². The molecule has 0 atom stereocenters. The van der Waals surface area contributed by atoms with Crippen LogP contribution in [0.5, 0.6) is 0 Å². The van der Waals surface area contributed by atoms with Crippen molar-refractivity contribution in [1.82, 2.24) is 0 Å². The number of thiocyanates is 1. The van der Waals surface area contributed by atoms with Gasteiger partial charge in [-0.1, -0.05) is 12.6 Å². The number of nitrogens with zero attached hydrogens (tertiary/aromatic N) is 1. The molecule has 0 spiro atoms. The first-order valence-electron chi connectivity index (χ1n) is 0.447. The summed E-state index contributed by atoms with van der Waals surface area (Å²) in [4.78, 5) is 0. The van der Waals surface area contributed by atoms with E-state index >= 15 is 0 Å². The van der Waals surface area contributed by atoms with Gasteiger partial charge < -0.3 is 0 Å². The zero-order valence-electron chi connectivity index (χ0n) is 1.39. The summed E-state index contributed by atoms with van der Waals surface area (Å²) < 4.78 is 0. The van der Waals surface area contributed by atoms with E-state index in [1.165, 1.54) is 5.40 Å². The molecule has 0 aromatic rings. The van der Waals surface area contributed by atoms with Crippen molar-refractivity contribution in [2.75, 3.05) is 0 Å². The summed E-state index contributed by atoms with van der Waals surface area (Å²) in [6.07, 6.45) is 0. The van der Waals surface area contributed by atoms with Crippen LogP contribution in [0.15, 0.2) is 0 Å². The molecule has 0 aliphatic carbocycles. The predicted molar refractivity (Wildman–Crippen MR) is 28.9 cm³/mol. The van der Waals surface area contributed by atoms with E-state index < -0.39 is 0 Å². The monoisotopic (exact) mass is 107 g/mol. The Morgan fingerprint density at radius 3 is 1.40 bits per heavy atom. The van der Waals surface area contributed by atoms with E-state index in [1.807, 2.05) is 0 Å². The first-order chi connectivity index (χ1) is 1.41. The predicted octanol–water partition coefficient (Wildman–Crippen LogP) is -0.900. The Morgan fingerprint density at radius 2 is 1.40 bits per heavy atom. The molecule has 0 fully saturated rings. The van der Waals surface area contributed by atoms with Gasteiger partial charge in [-0.3, -0.25) is 0 Å². The van der Waals surface area contributed by atoms with Crippen LogP contribution in [0.4, 0.5) is 0 Å². The zero-order valence-corrected chi connectivity index (χ0v) is 2.29. The second-order valence-electron chi connectivity index (χ2n) is 0.100. The van der Waals surface area contributed by atoms with Crippen molar-refractivity contribution in [3.8, 4) is 5.40 Å². The summed E-state index contributed by atoms with van der Waals surface area (Å²) in [5.41, 5.74) is 0. The average molecular weight is 107 g/mol. The molecule has 0 heterocycles. The quantitative estimate of drug-likeness (QED) is 0.242. The van der Waals surface area contributed by atoms with E-state index in [4.69, 9.17) is 5.26 Å². The zero-order chi connectivity index (χ0) is 2.71. The number of nitriles is 1. The molecule has 0 aromatic carbocycles. The van der Waals surface area contributed by atoms with Crippen molar-refractivity contribution in [1.29, 1.82) is 5.26 Å². The molecule has 0 aromatic heterocycles. The summed E-state index contributed by atoms with van der Waals surface area (Å²) in [7, 11) is 0. The number of hydrogen-bond acceptors (Lipinski definition) is 2. The second kappa shape index (κ2) is 17.0. The van der Waals surface area contributed by atoms with Crippen molar-refractivity contribution < 1.29 is 0 Å². The molecule has 0 N–H and O–H groups in total. The molecule has 0 saturated heterocycles. The second-order valence-corrected chi connectivity index (χ2v) is 0.300. The molecule has 0 unspecified atom stereocenters. The van der Waals surface area contributed by atoms with Crippen molar-refractivity contribution in [3.63, 3.8) is 0 Å². The van der Waals surface area contributed by atoms with Gasteiger partial charge >= 0.3 is 59.1 Å². The van der Waals surface area contributed by atoms with Crippen molar-refractivity contribution >= 4 is 71.7 Å². The third-order valence-corrected chi connectivity index (χ3v) is 0. The van der Waals surface area contributed by atoms with Gasteiger partial charge in [0, 0.05) is 0 Å².